The average Bonchev–Trinajstić information content (AvgIpc) is 2.88. The second-order valence-electron chi connectivity index (χ2n) is 5.33. The molecule has 4 nitrogen and oxygen atoms in total. The molecule has 4 rings (SSSR count). The normalized spacial score (nSPS) is 24.7. The average molecular weight is 241 g/mol. The lowest BCUT2D eigenvalue weighted by atomic mass is 10.1. The second-order valence-corrected chi connectivity index (χ2v) is 5.33. The molecule has 1 fully saturated rings. The van der Waals surface area contributed by atoms with Gasteiger partial charge in [-0.25, -0.2) is 0 Å². The van der Waals surface area contributed by atoms with Gasteiger partial charge in [0.05, 0.1) is 0 Å². The van der Waals surface area contributed by atoms with Gasteiger partial charge in [-0.05, 0) is 36.5 Å². The minimum absolute atomic E-state index is 0.509. The quantitative estimate of drug-likeness (QED) is 0.878. The summed E-state index contributed by atoms with van der Waals surface area (Å²) in [6.45, 7) is 3.24. The first-order valence-electron chi connectivity index (χ1n) is 6.52. The van der Waals surface area contributed by atoms with E-state index in [2.05, 4.69) is 40.6 Å². The molecule has 2 atom stereocenters. The number of rotatable bonds is 2. The van der Waals surface area contributed by atoms with Crippen LogP contribution in [0.2, 0.25) is 0 Å². The first-order valence-corrected chi connectivity index (χ1v) is 6.52. The highest BCUT2D eigenvalue weighted by molar-refractivity contribution is 5.66. The van der Waals surface area contributed by atoms with Gasteiger partial charge >= 0.3 is 0 Å². The van der Waals surface area contributed by atoms with Gasteiger partial charge in [-0.15, -0.1) is 0 Å². The Morgan fingerprint density at radius 1 is 1.39 bits per heavy atom. The van der Waals surface area contributed by atoms with E-state index in [0.29, 0.717) is 17.7 Å². The van der Waals surface area contributed by atoms with Crippen molar-refractivity contribution in [1.82, 2.24) is 10.1 Å². The molecule has 2 aliphatic rings. The maximum Gasteiger partial charge on any atom is 0.258 e. The molecule has 0 amide bonds. The Kier molecular flexibility index (Phi) is 2.01. The molecule has 2 heterocycles. The molecule has 92 valence electrons. The smallest absolute Gasteiger partial charge is 0.258 e. The van der Waals surface area contributed by atoms with Crippen LogP contribution in [0.25, 0.3) is 11.5 Å². The molecule has 0 saturated heterocycles. The summed E-state index contributed by atoms with van der Waals surface area (Å²) in [4.78, 5) is 4.51. The Hall–Kier alpha value is -1.84. The molecular formula is C14H15N3O. The van der Waals surface area contributed by atoms with Crippen molar-refractivity contribution < 1.29 is 4.52 Å². The lowest BCUT2D eigenvalue weighted by molar-refractivity contribution is 0.422. The van der Waals surface area contributed by atoms with Crippen molar-refractivity contribution in [2.45, 2.75) is 25.7 Å². The largest absolute Gasteiger partial charge is 0.384 e. The van der Waals surface area contributed by atoms with E-state index in [4.69, 9.17) is 4.52 Å². The van der Waals surface area contributed by atoms with Crippen LogP contribution in [-0.2, 0) is 6.42 Å². The van der Waals surface area contributed by atoms with Crippen LogP contribution < -0.4 is 5.32 Å². The van der Waals surface area contributed by atoms with Gasteiger partial charge in [-0.1, -0.05) is 18.1 Å². The van der Waals surface area contributed by atoms with Crippen LogP contribution in [0.15, 0.2) is 22.7 Å². The number of aromatic nitrogens is 2. The third-order valence-corrected chi connectivity index (χ3v) is 3.95. The SMILES string of the molecule is CC1CC1c1noc(-c2ccc3c(c2)NCC3)n1. The summed E-state index contributed by atoms with van der Waals surface area (Å²) < 4.78 is 5.37. The van der Waals surface area contributed by atoms with Gasteiger partial charge in [-0.2, -0.15) is 4.98 Å². The van der Waals surface area contributed by atoms with Crippen molar-refractivity contribution in [3.63, 3.8) is 0 Å². The fourth-order valence-electron chi connectivity index (χ4n) is 2.61. The Morgan fingerprint density at radius 2 is 2.28 bits per heavy atom. The zero-order valence-corrected chi connectivity index (χ0v) is 10.3. The van der Waals surface area contributed by atoms with Gasteiger partial charge in [0.25, 0.3) is 5.89 Å². The molecule has 1 N–H and O–H groups in total. The number of hydrogen-bond acceptors (Lipinski definition) is 4. The van der Waals surface area contributed by atoms with Crippen LogP contribution in [0, 0.1) is 5.92 Å². The van der Waals surface area contributed by atoms with E-state index in [1.54, 1.807) is 0 Å². The number of anilines is 1. The molecule has 1 aliphatic heterocycles. The summed E-state index contributed by atoms with van der Waals surface area (Å²) in [7, 11) is 0. The minimum Gasteiger partial charge on any atom is -0.384 e. The molecule has 1 saturated carbocycles. The summed E-state index contributed by atoms with van der Waals surface area (Å²) in [6, 6.07) is 6.32. The van der Waals surface area contributed by atoms with Crippen molar-refractivity contribution in [3.8, 4) is 11.5 Å². The molecule has 4 heteroatoms. The fraction of sp³-hybridized carbons (Fsp3) is 0.429. The second kappa shape index (κ2) is 3.57. The van der Waals surface area contributed by atoms with E-state index in [9.17, 15) is 0 Å². The van der Waals surface area contributed by atoms with E-state index in [0.717, 1.165) is 24.4 Å². The monoisotopic (exact) mass is 241 g/mol. The molecule has 1 aromatic carbocycles. The molecule has 0 spiro atoms. The van der Waals surface area contributed by atoms with Gasteiger partial charge < -0.3 is 9.84 Å². The zero-order chi connectivity index (χ0) is 12.1. The molecular weight excluding hydrogens is 226 g/mol. The Balaban J connectivity index is 1.68. The Labute approximate surface area is 105 Å². The molecule has 2 unspecified atom stereocenters. The molecule has 1 aliphatic carbocycles. The summed E-state index contributed by atoms with van der Waals surface area (Å²) in [5, 5.41) is 7.46. The topological polar surface area (TPSA) is 51.0 Å². The number of hydrogen-bond donors (Lipinski definition) is 1. The minimum atomic E-state index is 0.509. The number of fused-ring (bicyclic) bond motifs is 1. The summed E-state index contributed by atoms with van der Waals surface area (Å²) in [6.07, 6.45) is 2.29. The summed E-state index contributed by atoms with van der Waals surface area (Å²) in [5.41, 5.74) is 3.58. The molecule has 0 radical (unpaired) electrons. The first kappa shape index (κ1) is 10.1. The van der Waals surface area contributed by atoms with Gasteiger partial charge in [0.1, 0.15) is 0 Å². The van der Waals surface area contributed by atoms with E-state index in [-0.39, 0.29) is 0 Å². The Bertz CT molecular complexity index is 605. The van der Waals surface area contributed by atoms with Crippen molar-refractivity contribution >= 4 is 5.69 Å². The van der Waals surface area contributed by atoms with E-state index in [1.165, 1.54) is 17.7 Å². The van der Waals surface area contributed by atoms with Crippen LogP contribution in [0.4, 0.5) is 5.69 Å². The maximum absolute atomic E-state index is 5.37. The van der Waals surface area contributed by atoms with Crippen LogP contribution >= 0.6 is 0 Å². The standard InChI is InChI=1S/C14H15N3O/c1-8-6-11(8)13-16-14(18-17-13)10-3-2-9-4-5-15-12(9)7-10/h2-3,7-8,11,15H,4-6H2,1H3. The summed E-state index contributed by atoms with van der Waals surface area (Å²) >= 11 is 0. The third kappa shape index (κ3) is 1.52. The number of nitrogens with zero attached hydrogens (tertiary/aromatic N) is 2. The Morgan fingerprint density at radius 3 is 3.11 bits per heavy atom. The van der Waals surface area contributed by atoms with Crippen molar-refractivity contribution in [2.75, 3.05) is 11.9 Å². The number of benzene rings is 1. The van der Waals surface area contributed by atoms with Crippen LogP contribution in [0.3, 0.4) is 0 Å². The van der Waals surface area contributed by atoms with Crippen LogP contribution in [-0.4, -0.2) is 16.7 Å². The third-order valence-electron chi connectivity index (χ3n) is 3.95. The predicted octanol–water partition coefficient (Wildman–Crippen LogP) is 2.83. The van der Waals surface area contributed by atoms with E-state index >= 15 is 0 Å². The molecule has 0 bridgehead atoms. The highest BCUT2D eigenvalue weighted by Gasteiger charge is 2.38. The highest BCUT2D eigenvalue weighted by atomic mass is 16.5. The van der Waals surface area contributed by atoms with Gasteiger partial charge in [0, 0.05) is 23.7 Å². The number of nitrogens with one attached hydrogen (secondary N) is 1. The first-order chi connectivity index (χ1) is 8.81. The lowest BCUT2D eigenvalue weighted by Crippen LogP contribution is -1.91. The molecule has 18 heavy (non-hydrogen) atoms. The molecule has 2 aromatic rings. The maximum atomic E-state index is 5.37. The van der Waals surface area contributed by atoms with Crippen molar-refractivity contribution in [1.29, 1.82) is 0 Å². The van der Waals surface area contributed by atoms with Crippen molar-refractivity contribution in [2.24, 2.45) is 5.92 Å². The van der Waals surface area contributed by atoms with Crippen molar-refractivity contribution in [3.05, 3.63) is 29.6 Å². The lowest BCUT2D eigenvalue weighted by Gasteiger charge is -2.00. The van der Waals surface area contributed by atoms with Gasteiger partial charge in [0.15, 0.2) is 5.82 Å². The fourth-order valence-corrected chi connectivity index (χ4v) is 2.61. The predicted molar refractivity (Wildman–Crippen MR) is 68.4 cm³/mol. The van der Waals surface area contributed by atoms with Gasteiger partial charge in [-0.3, -0.25) is 0 Å². The molecule has 1 aromatic heterocycles. The van der Waals surface area contributed by atoms with Gasteiger partial charge in [0.2, 0.25) is 0 Å². The summed E-state index contributed by atoms with van der Waals surface area (Å²) in [5.74, 6) is 2.72. The zero-order valence-electron chi connectivity index (χ0n) is 10.3. The highest BCUT2D eigenvalue weighted by Crippen LogP contribution is 2.45. The van der Waals surface area contributed by atoms with Crippen LogP contribution in [0.5, 0.6) is 0 Å². The van der Waals surface area contributed by atoms with E-state index in [1.807, 2.05) is 0 Å². The van der Waals surface area contributed by atoms with Crippen LogP contribution in [0.1, 0.15) is 30.7 Å². The van der Waals surface area contributed by atoms with E-state index < -0.39 is 0 Å².